The molecule has 0 bridgehead atoms. The minimum atomic E-state index is -0.310. The molecule has 166 valence electrons. The summed E-state index contributed by atoms with van der Waals surface area (Å²) in [4.78, 5) is 12.7. The molecule has 2 N–H and O–H groups in total. The van der Waals surface area contributed by atoms with Gasteiger partial charge in [-0.1, -0.05) is 56.5 Å². The predicted octanol–water partition coefficient (Wildman–Crippen LogP) is 6.56. The van der Waals surface area contributed by atoms with Crippen LogP contribution in [0.25, 0.3) is 0 Å². The number of benzene rings is 3. The summed E-state index contributed by atoms with van der Waals surface area (Å²) < 4.78 is 11.6. The van der Waals surface area contributed by atoms with Gasteiger partial charge in [0, 0.05) is 5.69 Å². The maximum atomic E-state index is 12.7. The van der Waals surface area contributed by atoms with Gasteiger partial charge >= 0.3 is 0 Å². The molecule has 0 saturated carbocycles. The second-order valence-electron chi connectivity index (χ2n) is 7.25. The molecular formula is C26H28N2O3S. The van der Waals surface area contributed by atoms with Crippen molar-refractivity contribution in [3.63, 3.8) is 0 Å². The number of anilines is 1. The largest absolute Gasteiger partial charge is 0.493 e. The van der Waals surface area contributed by atoms with Crippen LogP contribution in [0.15, 0.2) is 78.9 Å². The Labute approximate surface area is 194 Å². The SMILES string of the molecule is CCCCCCOc1ccccc1C(=O)NC(=S)Nc1ccc(Oc2ccccc2)cc1. The van der Waals surface area contributed by atoms with Gasteiger partial charge in [-0.2, -0.15) is 0 Å². The summed E-state index contributed by atoms with van der Waals surface area (Å²) in [6, 6.07) is 24.1. The maximum absolute atomic E-state index is 12.7. The smallest absolute Gasteiger partial charge is 0.261 e. The number of carbonyl (C=O) groups excluding carboxylic acids is 1. The van der Waals surface area contributed by atoms with Crippen LogP contribution in [0.3, 0.4) is 0 Å². The molecule has 0 aliphatic rings. The molecule has 0 fully saturated rings. The number of rotatable bonds is 10. The van der Waals surface area contributed by atoms with Crippen molar-refractivity contribution in [2.75, 3.05) is 11.9 Å². The van der Waals surface area contributed by atoms with Gasteiger partial charge < -0.3 is 14.8 Å². The Balaban J connectivity index is 1.52. The Bertz CT molecular complexity index is 1010. The molecule has 3 rings (SSSR count). The van der Waals surface area contributed by atoms with E-state index >= 15 is 0 Å². The Morgan fingerprint density at radius 1 is 0.844 bits per heavy atom. The quantitative estimate of drug-likeness (QED) is 0.271. The molecule has 3 aromatic carbocycles. The molecule has 0 unspecified atom stereocenters. The Kier molecular flexibility index (Phi) is 9.07. The van der Waals surface area contributed by atoms with Crippen molar-refractivity contribution in [3.05, 3.63) is 84.4 Å². The molecule has 0 heterocycles. The first-order valence-electron chi connectivity index (χ1n) is 10.8. The molecule has 0 saturated heterocycles. The summed E-state index contributed by atoms with van der Waals surface area (Å²) in [5.41, 5.74) is 1.20. The average molecular weight is 449 g/mol. The molecule has 3 aromatic rings. The second kappa shape index (κ2) is 12.5. The average Bonchev–Trinajstić information content (AvgIpc) is 2.81. The number of para-hydroxylation sites is 2. The van der Waals surface area contributed by atoms with Gasteiger partial charge in [-0.15, -0.1) is 0 Å². The first-order valence-corrected chi connectivity index (χ1v) is 11.2. The van der Waals surface area contributed by atoms with E-state index < -0.39 is 0 Å². The van der Waals surface area contributed by atoms with E-state index in [1.165, 1.54) is 12.8 Å². The van der Waals surface area contributed by atoms with E-state index in [4.69, 9.17) is 21.7 Å². The fourth-order valence-corrected chi connectivity index (χ4v) is 3.27. The molecule has 0 aromatic heterocycles. The summed E-state index contributed by atoms with van der Waals surface area (Å²) in [6.07, 6.45) is 4.44. The zero-order chi connectivity index (χ0) is 22.6. The summed E-state index contributed by atoms with van der Waals surface area (Å²) in [7, 11) is 0. The molecule has 6 heteroatoms. The number of nitrogens with one attached hydrogen (secondary N) is 2. The lowest BCUT2D eigenvalue weighted by Gasteiger charge is -2.13. The van der Waals surface area contributed by atoms with E-state index in [2.05, 4.69) is 17.6 Å². The number of hydrogen-bond donors (Lipinski definition) is 2. The van der Waals surface area contributed by atoms with Crippen molar-refractivity contribution >= 4 is 28.9 Å². The summed E-state index contributed by atoms with van der Waals surface area (Å²) >= 11 is 5.31. The first kappa shape index (κ1) is 23.3. The van der Waals surface area contributed by atoms with E-state index in [1.807, 2.05) is 60.7 Å². The molecule has 0 aliphatic heterocycles. The highest BCUT2D eigenvalue weighted by Crippen LogP contribution is 2.23. The third-order valence-electron chi connectivity index (χ3n) is 4.71. The van der Waals surface area contributed by atoms with Crippen molar-refractivity contribution < 1.29 is 14.3 Å². The van der Waals surface area contributed by atoms with Gasteiger partial charge in [0.25, 0.3) is 5.91 Å². The van der Waals surface area contributed by atoms with Crippen LogP contribution >= 0.6 is 12.2 Å². The van der Waals surface area contributed by atoms with Crippen molar-refractivity contribution in [1.82, 2.24) is 5.32 Å². The van der Waals surface area contributed by atoms with E-state index in [0.29, 0.717) is 23.7 Å². The zero-order valence-corrected chi connectivity index (χ0v) is 19.0. The van der Waals surface area contributed by atoms with Crippen molar-refractivity contribution in [3.8, 4) is 17.2 Å². The minimum Gasteiger partial charge on any atom is -0.493 e. The van der Waals surface area contributed by atoms with Crippen molar-refractivity contribution in [2.24, 2.45) is 0 Å². The standard InChI is InChI=1S/C26H28N2O3S/c1-2-3-4-10-19-30-24-14-9-8-13-23(24)25(29)28-26(32)27-20-15-17-22(18-16-20)31-21-11-6-5-7-12-21/h5-9,11-18H,2-4,10,19H2,1H3,(H2,27,28,29,32). The second-order valence-corrected chi connectivity index (χ2v) is 7.66. The maximum Gasteiger partial charge on any atom is 0.261 e. The number of unbranched alkanes of at least 4 members (excludes halogenated alkanes) is 3. The fraction of sp³-hybridized carbons (Fsp3) is 0.231. The Hall–Kier alpha value is -3.38. The van der Waals surface area contributed by atoms with Gasteiger partial charge in [-0.05, 0) is 67.2 Å². The van der Waals surface area contributed by atoms with E-state index in [1.54, 1.807) is 18.2 Å². The summed E-state index contributed by atoms with van der Waals surface area (Å²) in [5, 5.41) is 5.96. The topological polar surface area (TPSA) is 59.6 Å². The van der Waals surface area contributed by atoms with Gasteiger partial charge in [-0.3, -0.25) is 10.1 Å². The Morgan fingerprint density at radius 2 is 1.53 bits per heavy atom. The molecule has 5 nitrogen and oxygen atoms in total. The van der Waals surface area contributed by atoms with Crippen molar-refractivity contribution in [2.45, 2.75) is 32.6 Å². The Morgan fingerprint density at radius 3 is 2.28 bits per heavy atom. The van der Waals surface area contributed by atoms with E-state index in [0.717, 1.165) is 24.3 Å². The van der Waals surface area contributed by atoms with E-state index in [-0.39, 0.29) is 11.0 Å². The van der Waals surface area contributed by atoms with Crippen LogP contribution in [0.1, 0.15) is 43.0 Å². The highest BCUT2D eigenvalue weighted by atomic mass is 32.1. The minimum absolute atomic E-state index is 0.212. The summed E-state index contributed by atoms with van der Waals surface area (Å²) in [6.45, 7) is 2.76. The lowest BCUT2D eigenvalue weighted by Crippen LogP contribution is -2.34. The van der Waals surface area contributed by atoms with Crippen LogP contribution in [-0.2, 0) is 0 Å². The van der Waals surface area contributed by atoms with Crippen molar-refractivity contribution in [1.29, 1.82) is 0 Å². The molecule has 32 heavy (non-hydrogen) atoms. The first-order chi connectivity index (χ1) is 15.7. The number of hydrogen-bond acceptors (Lipinski definition) is 4. The van der Waals surface area contributed by atoms with Crippen LogP contribution < -0.4 is 20.1 Å². The van der Waals surface area contributed by atoms with Crippen LogP contribution in [-0.4, -0.2) is 17.6 Å². The summed E-state index contributed by atoms with van der Waals surface area (Å²) in [5.74, 6) is 1.73. The third-order valence-corrected chi connectivity index (χ3v) is 4.91. The monoisotopic (exact) mass is 448 g/mol. The van der Waals surface area contributed by atoms with Gasteiger partial charge in [0.2, 0.25) is 0 Å². The molecule has 0 radical (unpaired) electrons. The van der Waals surface area contributed by atoms with E-state index in [9.17, 15) is 4.79 Å². The molecule has 0 aliphatic carbocycles. The lowest BCUT2D eigenvalue weighted by atomic mass is 10.2. The van der Waals surface area contributed by atoms with Gasteiger partial charge in [-0.25, -0.2) is 0 Å². The molecule has 0 atom stereocenters. The highest BCUT2D eigenvalue weighted by Gasteiger charge is 2.13. The number of carbonyl (C=O) groups is 1. The third kappa shape index (κ3) is 7.39. The van der Waals surface area contributed by atoms with Crippen LogP contribution in [0, 0.1) is 0 Å². The van der Waals surface area contributed by atoms with Crippen LogP contribution in [0.2, 0.25) is 0 Å². The number of ether oxygens (including phenoxy) is 2. The number of thiocarbonyl (C=S) groups is 1. The fourth-order valence-electron chi connectivity index (χ4n) is 3.05. The lowest BCUT2D eigenvalue weighted by molar-refractivity contribution is 0.0973. The number of amides is 1. The molecular weight excluding hydrogens is 420 g/mol. The van der Waals surface area contributed by atoms with Gasteiger partial charge in [0.15, 0.2) is 5.11 Å². The normalized spacial score (nSPS) is 10.3. The highest BCUT2D eigenvalue weighted by molar-refractivity contribution is 7.80. The molecule has 0 spiro atoms. The van der Waals surface area contributed by atoms with Crippen LogP contribution in [0.5, 0.6) is 17.2 Å². The van der Waals surface area contributed by atoms with Crippen LogP contribution in [0.4, 0.5) is 5.69 Å². The van der Waals surface area contributed by atoms with Gasteiger partial charge in [0.05, 0.1) is 12.2 Å². The molecule has 1 amide bonds. The van der Waals surface area contributed by atoms with Gasteiger partial charge in [0.1, 0.15) is 17.2 Å². The predicted molar refractivity (Wildman–Crippen MR) is 133 cm³/mol. The zero-order valence-electron chi connectivity index (χ0n) is 18.2.